The molecule has 4 saturated heterocycles. The number of aliphatic hydroxyl groups excluding tert-OH is 1. The van der Waals surface area contributed by atoms with Crippen LogP contribution in [-0.4, -0.2) is 108 Å². The molecule has 17 heteroatoms. The zero-order valence-corrected chi connectivity index (χ0v) is 53.1. The number of hydrogen-bond acceptors (Lipinski definition) is 13. The third-order valence-corrected chi connectivity index (χ3v) is 24.7. The molecule has 14 nitrogen and oxygen atoms in total. The number of thioether (sulfide) groups is 1. The van der Waals surface area contributed by atoms with E-state index in [1.165, 1.54) is 43.7 Å². The van der Waals surface area contributed by atoms with Crippen LogP contribution < -0.4 is 10.6 Å². The molecule has 8 aliphatic rings. The van der Waals surface area contributed by atoms with E-state index in [1.54, 1.807) is 50.4 Å². The highest BCUT2D eigenvalue weighted by Crippen LogP contribution is 2.69. The SMILES string of the molecule is CC(C)C(=O)O[C@@H]1C(=O)N2[C@H]3Nc4ccccc4[C@@]3(C3=CCc4ccccc43)C[C@]2(SC(=O)C(C)C)C(=O)N1C.CN1C(=O)[C@@]2(SSC(c3ccccc3)(c3ccccc3)c3ccccc3)C[C@]3(C4=CCc5ccccc54)c4ccccc4N[C@@H]3N2C(=O)[C@H]1O. The number of rotatable bonds is 12. The summed E-state index contributed by atoms with van der Waals surface area (Å²) in [5, 5.41) is 18.4. The van der Waals surface area contributed by atoms with Gasteiger partial charge in [0, 0.05) is 44.2 Å². The third-order valence-electron chi connectivity index (χ3n) is 19.5. The van der Waals surface area contributed by atoms with Crippen LogP contribution in [0.1, 0.15) is 90.6 Å². The summed E-state index contributed by atoms with van der Waals surface area (Å²) >= 11 is 0.927. The number of benzene rings is 7. The largest absolute Gasteiger partial charge is 0.431 e. The first-order valence-electron chi connectivity index (χ1n) is 30.6. The fraction of sp³-hybridized carbons (Fsp3) is 0.288. The van der Waals surface area contributed by atoms with Crippen LogP contribution in [0.5, 0.6) is 0 Å². The first-order valence-corrected chi connectivity index (χ1v) is 33.6. The van der Waals surface area contributed by atoms with Crippen LogP contribution in [-0.2, 0) is 61.9 Å². The topological polar surface area (TPSA) is 169 Å². The minimum Gasteiger partial charge on any atom is -0.431 e. The lowest BCUT2D eigenvalue weighted by atomic mass is 9.70. The van der Waals surface area contributed by atoms with Crippen molar-refractivity contribution in [2.75, 3.05) is 24.7 Å². The number of piperazine rings is 2. The third kappa shape index (κ3) is 8.58. The van der Waals surface area contributed by atoms with Gasteiger partial charge in [-0.05, 0) is 98.0 Å². The Labute approximate surface area is 535 Å². The van der Waals surface area contributed by atoms with Gasteiger partial charge in [0.1, 0.15) is 17.1 Å². The Bertz CT molecular complexity index is 4070. The Morgan fingerprint density at radius 1 is 0.544 bits per heavy atom. The maximum atomic E-state index is 15.0. The molecule has 7 aromatic rings. The predicted molar refractivity (Wildman–Crippen MR) is 354 cm³/mol. The Morgan fingerprint density at radius 2 is 0.967 bits per heavy atom. The van der Waals surface area contributed by atoms with E-state index in [1.807, 2.05) is 109 Å². The zero-order chi connectivity index (χ0) is 62.6. The van der Waals surface area contributed by atoms with Crippen molar-refractivity contribution in [3.8, 4) is 0 Å². The zero-order valence-electron chi connectivity index (χ0n) is 50.7. The first-order chi connectivity index (χ1) is 43.4. The highest BCUT2D eigenvalue weighted by atomic mass is 33.1. The van der Waals surface area contributed by atoms with Gasteiger partial charge in [-0.3, -0.25) is 43.5 Å². The summed E-state index contributed by atoms with van der Waals surface area (Å²) in [4.78, 5) is 87.4. The minimum atomic E-state index is -1.59. The number of amides is 4. The molecular formula is C73H68N6O8S3. The van der Waals surface area contributed by atoms with Crippen LogP contribution in [0.15, 0.2) is 200 Å². The molecule has 15 rings (SSSR count). The second-order valence-electron chi connectivity index (χ2n) is 25.1. The lowest BCUT2D eigenvalue weighted by Gasteiger charge is -2.48. The number of carbonyl (C=O) groups excluding carboxylic acids is 6. The molecular weight excluding hydrogens is 1190 g/mol. The molecule has 8 atom stereocenters. The molecule has 4 amide bonds. The summed E-state index contributed by atoms with van der Waals surface area (Å²) in [7, 11) is 6.07. The van der Waals surface area contributed by atoms with E-state index in [0.717, 1.165) is 86.1 Å². The number of ether oxygens (including phenoxy) is 1. The Kier molecular flexibility index (Phi) is 14.7. The number of aliphatic hydroxyl groups is 1. The van der Waals surface area contributed by atoms with Crippen molar-refractivity contribution in [3.05, 3.63) is 250 Å². The molecule has 0 radical (unpaired) electrons. The average molecular weight is 1250 g/mol. The number of carbonyl (C=O) groups is 6. The van der Waals surface area contributed by atoms with E-state index in [2.05, 4.69) is 102 Å². The number of esters is 1. The summed E-state index contributed by atoms with van der Waals surface area (Å²) in [5.41, 5.74) is 12.3. The van der Waals surface area contributed by atoms with Gasteiger partial charge < -0.3 is 25.4 Å². The second-order valence-corrected chi connectivity index (χ2v) is 29.0. The van der Waals surface area contributed by atoms with E-state index in [0.29, 0.717) is 6.42 Å². The van der Waals surface area contributed by atoms with Gasteiger partial charge in [0.05, 0.1) is 16.7 Å². The lowest BCUT2D eigenvalue weighted by Crippen LogP contribution is -2.70. The van der Waals surface area contributed by atoms with Crippen molar-refractivity contribution in [3.63, 3.8) is 0 Å². The number of nitrogens with one attached hydrogen (secondary N) is 2. The first kappa shape index (κ1) is 59.3. The minimum absolute atomic E-state index is 0.179. The maximum Gasteiger partial charge on any atom is 0.310 e. The van der Waals surface area contributed by atoms with E-state index in [4.69, 9.17) is 4.74 Å². The fourth-order valence-electron chi connectivity index (χ4n) is 15.3. The van der Waals surface area contributed by atoms with Crippen LogP contribution in [0.3, 0.4) is 0 Å². The molecule has 0 unspecified atom stereocenters. The smallest absolute Gasteiger partial charge is 0.310 e. The summed E-state index contributed by atoms with van der Waals surface area (Å²) in [6, 6.07) is 63.9. The van der Waals surface area contributed by atoms with Crippen molar-refractivity contribution in [2.45, 2.75) is 103 Å². The van der Waals surface area contributed by atoms with Crippen molar-refractivity contribution < 1.29 is 38.6 Å². The Balaban J connectivity index is 0.000000161. The molecule has 0 bridgehead atoms. The normalized spacial score (nSPS) is 26.5. The number of fused-ring (bicyclic) bond motifs is 12. The highest BCUT2D eigenvalue weighted by molar-refractivity contribution is 8.77. The number of allylic oxidation sites excluding steroid dienone is 2. The van der Waals surface area contributed by atoms with E-state index >= 15 is 4.79 Å². The van der Waals surface area contributed by atoms with Crippen molar-refractivity contribution >= 4 is 90.6 Å². The van der Waals surface area contributed by atoms with Gasteiger partial charge in [0.15, 0.2) is 14.9 Å². The predicted octanol–water partition coefficient (Wildman–Crippen LogP) is 11.6. The number of nitrogens with zero attached hydrogens (tertiary/aromatic N) is 4. The Hall–Kier alpha value is -8.35. The molecule has 0 aromatic heterocycles. The summed E-state index contributed by atoms with van der Waals surface area (Å²) in [6.45, 7) is 6.94. The average Bonchev–Trinajstić information content (AvgIpc) is 1.51. The number of para-hydroxylation sites is 2. The number of hydrogen-bond donors (Lipinski definition) is 3. The molecule has 0 saturated carbocycles. The molecule has 4 fully saturated rings. The van der Waals surface area contributed by atoms with E-state index in [-0.39, 0.29) is 23.4 Å². The van der Waals surface area contributed by atoms with Crippen LogP contribution in [0.2, 0.25) is 0 Å². The molecule has 456 valence electrons. The summed E-state index contributed by atoms with van der Waals surface area (Å²) in [5.74, 6) is -3.11. The van der Waals surface area contributed by atoms with Gasteiger partial charge in [-0.15, -0.1) is 0 Å². The highest BCUT2D eigenvalue weighted by Gasteiger charge is 2.75. The van der Waals surface area contributed by atoms with Gasteiger partial charge in [0.25, 0.3) is 29.9 Å². The van der Waals surface area contributed by atoms with Gasteiger partial charge in [-0.2, -0.15) is 0 Å². The summed E-state index contributed by atoms with van der Waals surface area (Å²) in [6.07, 6.45) is 2.26. The van der Waals surface area contributed by atoms with E-state index < -0.39 is 79.7 Å². The van der Waals surface area contributed by atoms with Crippen molar-refractivity contribution in [1.29, 1.82) is 0 Å². The van der Waals surface area contributed by atoms with Crippen LogP contribution >= 0.6 is 33.3 Å². The monoisotopic (exact) mass is 1250 g/mol. The molecule has 2 aliphatic carbocycles. The van der Waals surface area contributed by atoms with Gasteiger partial charge >= 0.3 is 5.97 Å². The molecule has 6 heterocycles. The van der Waals surface area contributed by atoms with E-state index in [9.17, 15) is 29.1 Å². The van der Waals surface area contributed by atoms with Gasteiger partial charge in [0.2, 0.25) is 6.23 Å². The second kappa shape index (κ2) is 22.2. The molecule has 6 aliphatic heterocycles. The quantitative estimate of drug-likeness (QED) is 0.0601. The molecule has 0 spiro atoms. The van der Waals surface area contributed by atoms with Crippen LogP contribution in [0, 0.1) is 11.8 Å². The number of anilines is 2. The van der Waals surface area contributed by atoms with Crippen molar-refractivity contribution in [1.82, 2.24) is 19.6 Å². The molecule has 90 heavy (non-hydrogen) atoms. The molecule has 7 aromatic carbocycles. The van der Waals surface area contributed by atoms with Gasteiger partial charge in [-0.25, -0.2) is 0 Å². The Morgan fingerprint density at radius 3 is 1.44 bits per heavy atom. The summed E-state index contributed by atoms with van der Waals surface area (Å²) < 4.78 is 4.88. The number of likely N-dealkylation sites (N-methyl/N-ethyl adjacent to an activating group) is 2. The van der Waals surface area contributed by atoms with Gasteiger partial charge in [-0.1, -0.05) is 237 Å². The van der Waals surface area contributed by atoms with Crippen LogP contribution in [0.4, 0.5) is 11.4 Å². The van der Waals surface area contributed by atoms with Crippen molar-refractivity contribution in [2.24, 2.45) is 11.8 Å². The standard InChI is InChI=1S/C42H35N3O3S2.C31H33N3O5S/c1-44-36(46)37(47)45-38-40(34-23-13-14-24-35(34)43-38,33-26-25-28-15-11-12-22-32(28)33)27-41(45,39(44)48)49-50-42(29-16-5-2-6-17-29,30-18-7-3-8-19-30)31-20-9-4-10-21-31;1-17(2)26(36)39-25-24(35)34-28-30(22-12-8-9-13-23(22)32-28,21-15-14-19-10-6-7-11-20(19)21)16-31(34,29(38)33(25)5)40-27(37)18(3)4/h2-24,26,36,38,43,46H,25,27H2,1H3;6-13,15,17-18,25,28,32H,14,16H2,1-5H3/t36-,38-,40+,41+;25-,28-,30+,31+/m11/s1. The maximum absolute atomic E-state index is 15.0. The molecule has 3 N–H and O–H groups in total. The van der Waals surface area contributed by atoms with Crippen LogP contribution in [0.25, 0.3) is 11.1 Å². The lowest BCUT2D eigenvalue weighted by molar-refractivity contribution is -0.189. The fourth-order valence-corrected chi connectivity index (χ4v) is 20.7.